The Balaban J connectivity index is 4.90. The van der Waals surface area contributed by atoms with Gasteiger partial charge in [-0.2, -0.15) is 0 Å². The van der Waals surface area contributed by atoms with Crippen LogP contribution < -0.4 is 5.73 Å². The summed E-state index contributed by atoms with van der Waals surface area (Å²) in [6.45, 7) is 8.44. The van der Waals surface area contributed by atoms with Gasteiger partial charge in [-0.3, -0.25) is 15.4 Å². The fourth-order valence-corrected chi connectivity index (χ4v) is 0.560. The summed E-state index contributed by atoms with van der Waals surface area (Å²) in [6.07, 6.45) is 2.95. The van der Waals surface area contributed by atoms with E-state index in [1.54, 1.807) is 6.92 Å². The number of nitrogens with zero attached hydrogens (tertiary/aromatic N) is 2. The van der Waals surface area contributed by atoms with Gasteiger partial charge in [0.15, 0.2) is 0 Å². The number of rotatable bonds is 4. The molecule has 0 aromatic heterocycles. The molecule has 0 heterocycles. The highest BCUT2D eigenvalue weighted by atomic mass is 14.9. The third-order valence-corrected chi connectivity index (χ3v) is 1.14. The maximum atomic E-state index is 7.15. The van der Waals surface area contributed by atoms with Crippen LogP contribution in [0.4, 0.5) is 0 Å². The smallest absolute Gasteiger partial charge is 0.143 e. The molecule has 0 aliphatic heterocycles. The maximum absolute atomic E-state index is 7.15. The van der Waals surface area contributed by atoms with Crippen LogP contribution in [0.5, 0.6) is 0 Å². The number of amidine groups is 1. The van der Waals surface area contributed by atoms with Crippen LogP contribution in [0, 0.1) is 5.41 Å². The third kappa shape index (κ3) is 2.92. The van der Waals surface area contributed by atoms with E-state index in [0.29, 0.717) is 11.4 Å². The monoisotopic (exact) mass is 164 g/mol. The Morgan fingerprint density at radius 2 is 2.17 bits per heavy atom. The summed E-state index contributed by atoms with van der Waals surface area (Å²) in [7, 11) is 0. The molecule has 0 saturated carbocycles. The van der Waals surface area contributed by atoms with Crippen LogP contribution in [0.25, 0.3) is 0 Å². The van der Waals surface area contributed by atoms with Crippen LogP contribution >= 0.6 is 0 Å². The molecule has 0 aliphatic carbocycles. The summed E-state index contributed by atoms with van der Waals surface area (Å²) < 4.78 is 0. The van der Waals surface area contributed by atoms with Gasteiger partial charge in [-0.25, -0.2) is 0 Å². The minimum atomic E-state index is -0.127. The quantitative estimate of drug-likeness (QED) is 0.474. The Bertz CT molecular complexity index is 260. The van der Waals surface area contributed by atoms with E-state index >= 15 is 0 Å². The van der Waals surface area contributed by atoms with Crippen LogP contribution in [0.3, 0.4) is 0 Å². The fourth-order valence-electron chi connectivity index (χ4n) is 0.560. The van der Waals surface area contributed by atoms with Crippen LogP contribution in [0.1, 0.15) is 6.92 Å². The van der Waals surface area contributed by atoms with E-state index in [2.05, 4.69) is 23.3 Å². The topological polar surface area (TPSA) is 74.6 Å². The Hall–Kier alpha value is -1.71. The second-order valence-electron chi connectivity index (χ2n) is 2.02. The number of nitrogens with two attached hydrogens (primary N) is 1. The van der Waals surface area contributed by atoms with E-state index in [1.165, 1.54) is 12.3 Å². The summed E-state index contributed by atoms with van der Waals surface area (Å²) >= 11 is 0. The van der Waals surface area contributed by atoms with E-state index in [9.17, 15) is 0 Å². The van der Waals surface area contributed by atoms with Crippen molar-refractivity contribution in [2.24, 2.45) is 15.7 Å². The minimum Gasteiger partial charge on any atom is -0.382 e. The lowest BCUT2D eigenvalue weighted by atomic mass is 10.3. The molecule has 0 aromatic rings. The zero-order valence-corrected chi connectivity index (χ0v) is 7.04. The average Bonchev–Trinajstić information content (AvgIpc) is 2.04. The van der Waals surface area contributed by atoms with Gasteiger partial charge in [0.05, 0.1) is 5.70 Å². The molecule has 0 aromatic carbocycles. The lowest BCUT2D eigenvalue weighted by Crippen LogP contribution is -2.12. The van der Waals surface area contributed by atoms with Gasteiger partial charge in [0.25, 0.3) is 0 Å². The van der Waals surface area contributed by atoms with Crippen LogP contribution in [0.2, 0.25) is 0 Å². The largest absolute Gasteiger partial charge is 0.382 e. The van der Waals surface area contributed by atoms with Gasteiger partial charge >= 0.3 is 0 Å². The standard InChI is InChI=1S/C8H12N4/c1-4-5-12-7(8(9)10)6(2)11-3/h4-5H,1,3H2,2H3,(H3,9,10)/b7-6+,12-5?. The summed E-state index contributed by atoms with van der Waals surface area (Å²) in [5.41, 5.74) is 6.10. The second kappa shape index (κ2) is 5.01. The van der Waals surface area contributed by atoms with Crippen molar-refractivity contribution in [3.05, 3.63) is 24.0 Å². The lowest BCUT2D eigenvalue weighted by Gasteiger charge is -1.99. The van der Waals surface area contributed by atoms with Crippen molar-refractivity contribution in [2.45, 2.75) is 6.92 Å². The molecule has 0 rings (SSSR count). The van der Waals surface area contributed by atoms with Crippen molar-refractivity contribution < 1.29 is 0 Å². The first kappa shape index (κ1) is 10.3. The number of allylic oxidation sites excluding steroid dienone is 2. The highest BCUT2D eigenvalue weighted by Gasteiger charge is 2.01. The first-order valence-corrected chi connectivity index (χ1v) is 3.30. The SMILES string of the molecule is C=CC=N/C(C(=N)N)=C(\C)N=C. The van der Waals surface area contributed by atoms with Crippen molar-refractivity contribution in [1.29, 1.82) is 5.41 Å². The molecule has 0 amide bonds. The molecule has 0 fully saturated rings. The molecule has 4 nitrogen and oxygen atoms in total. The zero-order valence-electron chi connectivity index (χ0n) is 7.04. The van der Waals surface area contributed by atoms with Gasteiger partial charge in [-0.05, 0) is 13.6 Å². The minimum absolute atomic E-state index is 0.127. The summed E-state index contributed by atoms with van der Waals surface area (Å²) in [4.78, 5) is 7.49. The van der Waals surface area contributed by atoms with Gasteiger partial charge in [0.2, 0.25) is 0 Å². The van der Waals surface area contributed by atoms with Gasteiger partial charge in [0, 0.05) is 6.21 Å². The predicted molar refractivity (Wildman–Crippen MR) is 52.9 cm³/mol. The molecule has 0 atom stereocenters. The maximum Gasteiger partial charge on any atom is 0.143 e. The number of hydrogen-bond donors (Lipinski definition) is 2. The second-order valence-corrected chi connectivity index (χ2v) is 2.02. The third-order valence-electron chi connectivity index (χ3n) is 1.14. The molecule has 0 bridgehead atoms. The molecule has 4 heteroatoms. The number of aliphatic imine (C=N–C) groups is 2. The number of nitrogens with one attached hydrogen (secondary N) is 1. The van der Waals surface area contributed by atoms with Crippen molar-refractivity contribution in [3.8, 4) is 0 Å². The Morgan fingerprint density at radius 3 is 2.50 bits per heavy atom. The highest BCUT2D eigenvalue weighted by Crippen LogP contribution is 2.04. The molecule has 0 radical (unpaired) electrons. The van der Waals surface area contributed by atoms with Crippen molar-refractivity contribution in [2.75, 3.05) is 0 Å². The summed E-state index contributed by atoms with van der Waals surface area (Å²) in [5.74, 6) is -0.127. The molecule has 0 aliphatic rings. The predicted octanol–water partition coefficient (Wildman–Crippen LogP) is 1.11. The van der Waals surface area contributed by atoms with Gasteiger partial charge < -0.3 is 5.73 Å². The molecule has 0 spiro atoms. The Kier molecular flexibility index (Phi) is 4.30. The van der Waals surface area contributed by atoms with E-state index in [1.807, 2.05) is 0 Å². The normalized spacial score (nSPS) is 12.4. The van der Waals surface area contributed by atoms with E-state index in [4.69, 9.17) is 11.1 Å². The zero-order chi connectivity index (χ0) is 9.56. The Morgan fingerprint density at radius 1 is 1.58 bits per heavy atom. The van der Waals surface area contributed by atoms with Crippen LogP contribution in [0.15, 0.2) is 34.0 Å². The molecule has 12 heavy (non-hydrogen) atoms. The molecule has 64 valence electrons. The van der Waals surface area contributed by atoms with Gasteiger partial charge in [-0.1, -0.05) is 12.7 Å². The van der Waals surface area contributed by atoms with E-state index < -0.39 is 0 Å². The van der Waals surface area contributed by atoms with Crippen LogP contribution in [-0.2, 0) is 0 Å². The van der Waals surface area contributed by atoms with Crippen molar-refractivity contribution >= 4 is 18.8 Å². The lowest BCUT2D eigenvalue weighted by molar-refractivity contribution is 1.22. The summed E-state index contributed by atoms with van der Waals surface area (Å²) in [5, 5.41) is 7.15. The first-order chi connectivity index (χ1) is 5.63. The summed E-state index contributed by atoms with van der Waals surface area (Å²) in [6, 6.07) is 0. The van der Waals surface area contributed by atoms with Gasteiger partial charge in [0.1, 0.15) is 11.5 Å². The van der Waals surface area contributed by atoms with Crippen LogP contribution in [-0.4, -0.2) is 18.8 Å². The highest BCUT2D eigenvalue weighted by molar-refractivity contribution is 5.96. The van der Waals surface area contributed by atoms with E-state index in [-0.39, 0.29) is 5.84 Å². The molecular weight excluding hydrogens is 152 g/mol. The first-order valence-electron chi connectivity index (χ1n) is 3.30. The van der Waals surface area contributed by atoms with Gasteiger partial charge in [-0.15, -0.1) is 0 Å². The molecule has 0 saturated heterocycles. The molecule has 3 N–H and O–H groups in total. The molecular formula is C8H12N4. The average molecular weight is 164 g/mol. The Labute approximate surface area is 71.7 Å². The fraction of sp³-hybridized carbons (Fsp3) is 0.125. The molecule has 0 unspecified atom stereocenters. The van der Waals surface area contributed by atoms with E-state index in [0.717, 1.165) is 0 Å². The number of hydrogen-bond acceptors (Lipinski definition) is 3. The van der Waals surface area contributed by atoms with Crippen molar-refractivity contribution in [1.82, 2.24) is 0 Å². The van der Waals surface area contributed by atoms with Crippen molar-refractivity contribution in [3.63, 3.8) is 0 Å².